The maximum Gasteiger partial charge on any atom is 0.174 e. The molecule has 0 fully saturated rings. The highest BCUT2D eigenvalue weighted by Gasteiger charge is 2.07. The Kier molecular flexibility index (Phi) is 10.6. The number of aliphatic hydroxyl groups excluding tert-OH is 1. The van der Waals surface area contributed by atoms with Crippen molar-refractivity contribution >= 4 is 17.9 Å². The third kappa shape index (κ3) is 8.67. The van der Waals surface area contributed by atoms with Crippen LogP contribution in [-0.4, -0.2) is 36.7 Å². The number of hydrogen-bond acceptors (Lipinski definition) is 6. The van der Waals surface area contributed by atoms with Crippen molar-refractivity contribution in [3.05, 3.63) is 52.6 Å². The maximum absolute atomic E-state index is 10.4. The van der Waals surface area contributed by atoms with E-state index in [-0.39, 0.29) is 12.3 Å². The first kappa shape index (κ1) is 21.2. The average molecular weight is 369 g/mol. The van der Waals surface area contributed by atoms with Gasteiger partial charge in [-0.15, -0.1) is 0 Å². The molecule has 0 bridgehead atoms. The Hall–Kier alpha value is -1.89. The fraction of sp³-hybridized carbons (Fsp3) is 0.444. The van der Waals surface area contributed by atoms with Gasteiger partial charge in [0.25, 0.3) is 0 Å². The number of nitrogens with zero attached hydrogens (tertiary/aromatic N) is 1. The summed E-state index contributed by atoms with van der Waals surface area (Å²) >= 11 is 6.00. The van der Waals surface area contributed by atoms with Gasteiger partial charge in [0.1, 0.15) is 18.1 Å². The summed E-state index contributed by atoms with van der Waals surface area (Å²) in [6.07, 6.45) is 9.81. The number of carbonyl (C=O) groups excluding carboxylic acids is 1. The molecule has 0 aromatic carbocycles. The van der Waals surface area contributed by atoms with E-state index in [1.54, 1.807) is 12.2 Å². The zero-order valence-electron chi connectivity index (χ0n) is 14.6. The quantitative estimate of drug-likeness (QED) is 0.685. The highest BCUT2D eigenvalue weighted by molar-refractivity contribution is 6.31. The van der Waals surface area contributed by atoms with Gasteiger partial charge in [0, 0.05) is 12.7 Å². The van der Waals surface area contributed by atoms with Crippen LogP contribution >= 0.6 is 11.6 Å². The molecule has 138 valence electrons. The van der Waals surface area contributed by atoms with E-state index in [0.717, 1.165) is 19.4 Å². The predicted octanol–water partition coefficient (Wildman–Crippen LogP) is 3.19. The normalized spacial score (nSPS) is 14.6. The Balaban J connectivity index is 0.000000333. The average Bonchev–Trinajstić information content (AvgIpc) is 2.96. The Morgan fingerprint density at radius 1 is 1.48 bits per heavy atom. The highest BCUT2D eigenvalue weighted by atomic mass is 35.5. The lowest BCUT2D eigenvalue weighted by Gasteiger charge is -2.06. The van der Waals surface area contributed by atoms with Crippen molar-refractivity contribution in [1.82, 2.24) is 10.5 Å². The Morgan fingerprint density at radius 3 is 2.88 bits per heavy atom. The lowest BCUT2D eigenvalue weighted by molar-refractivity contribution is 0.111. The summed E-state index contributed by atoms with van der Waals surface area (Å²) in [7, 11) is 1.92. The molecule has 6 nitrogen and oxygen atoms in total. The van der Waals surface area contributed by atoms with Crippen LogP contribution in [0.1, 0.15) is 36.0 Å². The van der Waals surface area contributed by atoms with Crippen molar-refractivity contribution in [1.29, 1.82) is 0 Å². The van der Waals surface area contributed by atoms with Crippen molar-refractivity contribution < 1.29 is 19.2 Å². The number of ether oxygens (including phenoxy) is 1. The van der Waals surface area contributed by atoms with Crippen LogP contribution in [0.4, 0.5) is 0 Å². The summed E-state index contributed by atoms with van der Waals surface area (Å²) in [6.45, 7) is 3.61. The van der Waals surface area contributed by atoms with Gasteiger partial charge < -0.3 is 19.7 Å². The van der Waals surface area contributed by atoms with Gasteiger partial charge in [-0.2, -0.15) is 0 Å². The number of nitrogens with one attached hydrogen (secondary N) is 1. The number of allylic oxidation sites excluding steroid dienone is 5. The molecule has 0 aliphatic heterocycles. The molecule has 0 radical (unpaired) electrons. The lowest BCUT2D eigenvalue weighted by atomic mass is 10.1. The molecule has 0 spiro atoms. The largest absolute Gasteiger partial charge is 0.484 e. The minimum absolute atomic E-state index is 0.185. The van der Waals surface area contributed by atoms with Crippen LogP contribution in [0.2, 0.25) is 0 Å². The minimum Gasteiger partial charge on any atom is -0.484 e. The van der Waals surface area contributed by atoms with E-state index in [4.69, 9.17) is 26.0 Å². The number of halogens is 1. The van der Waals surface area contributed by atoms with Gasteiger partial charge in [-0.25, -0.2) is 0 Å². The summed E-state index contributed by atoms with van der Waals surface area (Å²) < 4.78 is 10.4. The van der Waals surface area contributed by atoms with E-state index in [0.29, 0.717) is 35.4 Å². The second-order valence-electron chi connectivity index (χ2n) is 5.55. The first-order valence-electron chi connectivity index (χ1n) is 8.12. The second-order valence-corrected chi connectivity index (χ2v) is 5.96. The molecule has 1 aliphatic rings. The van der Waals surface area contributed by atoms with E-state index in [1.807, 2.05) is 19.2 Å². The first-order chi connectivity index (χ1) is 12.1. The van der Waals surface area contributed by atoms with Gasteiger partial charge >= 0.3 is 0 Å². The number of hydrogen-bond donors (Lipinski definition) is 2. The van der Waals surface area contributed by atoms with E-state index in [2.05, 4.69) is 17.4 Å². The van der Waals surface area contributed by atoms with Crippen molar-refractivity contribution in [2.75, 3.05) is 20.2 Å². The van der Waals surface area contributed by atoms with Crippen LogP contribution in [0.15, 0.2) is 45.7 Å². The third-order valence-corrected chi connectivity index (χ3v) is 3.60. The second kappa shape index (κ2) is 12.5. The number of carbonyl (C=O) groups is 1. The fourth-order valence-electron chi connectivity index (χ4n) is 1.98. The molecule has 0 amide bonds. The van der Waals surface area contributed by atoms with Gasteiger partial charge in [0.15, 0.2) is 12.0 Å². The molecule has 1 aromatic rings. The summed E-state index contributed by atoms with van der Waals surface area (Å²) in [6, 6.07) is 1.53. The van der Waals surface area contributed by atoms with Crippen LogP contribution in [0.3, 0.4) is 0 Å². The van der Waals surface area contributed by atoms with E-state index in [9.17, 15) is 4.79 Å². The fourth-order valence-corrected chi connectivity index (χ4v) is 2.18. The molecule has 2 rings (SSSR count). The van der Waals surface area contributed by atoms with Gasteiger partial charge in [-0.05, 0) is 44.5 Å². The number of aldehydes is 1. The third-order valence-electron chi connectivity index (χ3n) is 3.28. The summed E-state index contributed by atoms with van der Waals surface area (Å²) in [5.41, 5.74) is 0.250. The summed E-state index contributed by atoms with van der Waals surface area (Å²) in [5, 5.41) is 15.5. The summed E-state index contributed by atoms with van der Waals surface area (Å²) in [4.78, 5) is 10.4. The number of aromatic nitrogens is 1. The lowest BCUT2D eigenvalue weighted by Crippen LogP contribution is -2.16. The minimum atomic E-state index is 0.185. The predicted molar refractivity (Wildman–Crippen MR) is 97.2 cm³/mol. The van der Waals surface area contributed by atoms with Crippen molar-refractivity contribution in [2.24, 2.45) is 5.92 Å². The molecule has 1 heterocycles. The number of aliphatic hydroxyl groups is 1. The molecule has 7 heteroatoms. The Bertz CT molecular complexity index is 602. The van der Waals surface area contributed by atoms with E-state index < -0.39 is 0 Å². The molecule has 1 unspecified atom stereocenters. The van der Waals surface area contributed by atoms with Gasteiger partial charge in [0.05, 0.1) is 5.03 Å². The molecule has 0 saturated heterocycles. The van der Waals surface area contributed by atoms with Gasteiger partial charge in [0.2, 0.25) is 0 Å². The topological polar surface area (TPSA) is 84.6 Å². The zero-order valence-corrected chi connectivity index (χ0v) is 15.3. The smallest absolute Gasteiger partial charge is 0.174 e. The standard InChI is InChI=1S/C12H10ClNO3.C6H15NO/c13-11-4-2-1-3-5-12(11)16-8-10-6-9(7-15)14-17-10;1-6(3-4-8)5-7-2/h2-7H,1,8H2;6-8H,3-5H2,1-2H3. The van der Waals surface area contributed by atoms with Crippen LogP contribution in [0.25, 0.3) is 0 Å². The van der Waals surface area contributed by atoms with Crippen LogP contribution in [-0.2, 0) is 11.3 Å². The molecule has 1 aliphatic carbocycles. The van der Waals surface area contributed by atoms with E-state index in [1.165, 1.54) is 6.07 Å². The monoisotopic (exact) mass is 368 g/mol. The van der Waals surface area contributed by atoms with Crippen LogP contribution in [0, 0.1) is 5.92 Å². The number of rotatable bonds is 8. The molecule has 1 atom stereocenters. The maximum atomic E-state index is 10.4. The van der Waals surface area contributed by atoms with Crippen molar-refractivity contribution in [3.63, 3.8) is 0 Å². The first-order valence-corrected chi connectivity index (χ1v) is 8.50. The summed E-state index contributed by atoms with van der Waals surface area (Å²) in [5.74, 6) is 1.65. The SMILES string of the molecule is CNCC(C)CCO.O=Cc1cc(COC2=C(Cl)C=CCC=C2)on1. The van der Waals surface area contributed by atoms with Crippen molar-refractivity contribution in [2.45, 2.75) is 26.4 Å². The molecule has 25 heavy (non-hydrogen) atoms. The van der Waals surface area contributed by atoms with E-state index >= 15 is 0 Å². The van der Waals surface area contributed by atoms with Gasteiger partial charge in [-0.3, -0.25) is 4.79 Å². The molecular formula is C18H25ClN2O4. The molecule has 0 saturated carbocycles. The zero-order chi connectivity index (χ0) is 18.5. The highest BCUT2D eigenvalue weighted by Crippen LogP contribution is 2.19. The molecular weight excluding hydrogens is 344 g/mol. The Labute approximate surface area is 153 Å². The molecule has 1 aromatic heterocycles. The molecule has 2 N–H and O–H groups in total. The Morgan fingerprint density at radius 2 is 2.24 bits per heavy atom. The van der Waals surface area contributed by atoms with Crippen molar-refractivity contribution in [3.8, 4) is 0 Å². The van der Waals surface area contributed by atoms with Gasteiger partial charge in [-0.1, -0.05) is 35.8 Å². The van der Waals surface area contributed by atoms with Crippen LogP contribution in [0.5, 0.6) is 0 Å². The van der Waals surface area contributed by atoms with Crippen LogP contribution < -0.4 is 5.32 Å².